The highest BCUT2D eigenvalue weighted by Crippen LogP contribution is 2.18. The van der Waals surface area contributed by atoms with E-state index < -0.39 is 0 Å². The zero-order valence-corrected chi connectivity index (χ0v) is 16.5. The number of hydrogen-bond donors (Lipinski definition) is 2. The van der Waals surface area contributed by atoms with Gasteiger partial charge in [-0.3, -0.25) is 9.89 Å². The molecule has 1 rings (SSSR count). The third-order valence-corrected chi connectivity index (χ3v) is 3.81. The van der Waals surface area contributed by atoms with E-state index in [4.69, 9.17) is 4.74 Å². The quantitative estimate of drug-likeness (QED) is 0.290. The number of rotatable bonds is 7. The molecule has 2 N–H and O–H groups in total. The molecule has 1 saturated heterocycles. The summed E-state index contributed by atoms with van der Waals surface area (Å²) in [5, 5.41) is 6.92. The second kappa shape index (κ2) is 11.5. The van der Waals surface area contributed by atoms with Crippen molar-refractivity contribution in [1.82, 2.24) is 15.5 Å². The van der Waals surface area contributed by atoms with Crippen molar-refractivity contribution < 1.29 is 4.74 Å². The molecule has 2 unspecified atom stereocenters. The third kappa shape index (κ3) is 7.65. The van der Waals surface area contributed by atoms with Gasteiger partial charge in [0.15, 0.2) is 5.96 Å². The monoisotopic (exact) mass is 412 g/mol. The van der Waals surface area contributed by atoms with E-state index in [9.17, 15) is 0 Å². The van der Waals surface area contributed by atoms with Crippen LogP contribution in [0.1, 0.15) is 34.1 Å². The molecule has 5 nitrogen and oxygen atoms in total. The summed E-state index contributed by atoms with van der Waals surface area (Å²) in [6.45, 7) is 13.7. The Balaban J connectivity index is 0.00000400. The molecule has 0 aliphatic carbocycles. The van der Waals surface area contributed by atoms with Crippen molar-refractivity contribution in [1.29, 1.82) is 0 Å². The van der Waals surface area contributed by atoms with Gasteiger partial charge in [0, 0.05) is 52.0 Å². The van der Waals surface area contributed by atoms with Crippen molar-refractivity contribution in [3.05, 3.63) is 0 Å². The Morgan fingerprint density at radius 3 is 2.62 bits per heavy atom. The number of nitrogens with zero attached hydrogens (tertiary/aromatic N) is 2. The van der Waals surface area contributed by atoms with Gasteiger partial charge in [-0.2, -0.15) is 0 Å². The minimum atomic E-state index is 0. The van der Waals surface area contributed by atoms with Crippen molar-refractivity contribution in [3.63, 3.8) is 0 Å². The van der Waals surface area contributed by atoms with E-state index in [1.54, 1.807) is 7.11 Å². The summed E-state index contributed by atoms with van der Waals surface area (Å²) < 4.78 is 5.06. The van der Waals surface area contributed by atoms with Crippen LogP contribution in [0.25, 0.3) is 0 Å². The average molecular weight is 412 g/mol. The molecular formula is C15H33IN4O. The molecular weight excluding hydrogens is 379 g/mol. The predicted octanol–water partition coefficient (Wildman–Crippen LogP) is 1.92. The summed E-state index contributed by atoms with van der Waals surface area (Å²) in [6.07, 6.45) is 0.964. The summed E-state index contributed by atoms with van der Waals surface area (Å²) in [4.78, 5) is 7.14. The lowest BCUT2D eigenvalue weighted by molar-refractivity contribution is 0.197. The van der Waals surface area contributed by atoms with Gasteiger partial charge in [0.2, 0.25) is 0 Å². The fourth-order valence-electron chi connectivity index (χ4n) is 2.51. The molecule has 0 bridgehead atoms. The molecule has 0 amide bonds. The molecule has 0 aromatic carbocycles. The summed E-state index contributed by atoms with van der Waals surface area (Å²) in [6, 6.07) is 1.10. The maximum Gasteiger partial charge on any atom is 0.191 e. The first-order valence-electron chi connectivity index (χ1n) is 7.86. The molecule has 0 saturated carbocycles. The van der Waals surface area contributed by atoms with Crippen LogP contribution in [0.4, 0.5) is 0 Å². The van der Waals surface area contributed by atoms with Crippen LogP contribution >= 0.6 is 24.0 Å². The van der Waals surface area contributed by atoms with Crippen LogP contribution in [0.3, 0.4) is 0 Å². The van der Waals surface area contributed by atoms with E-state index in [2.05, 4.69) is 48.2 Å². The first-order chi connectivity index (χ1) is 9.58. The second-order valence-corrected chi connectivity index (χ2v) is 5.88. The number of halogens is 1. The molecule has 0 radical (unpaired) electrons. The van der Waals surface area contributed by atoms with E-state index in [0.29, 0.717) is 18.0 Å². The lowest BCUT2D eigenvalue weighted by Gasteiger charge is -2.21. The Hall–Kier alpha value is -0.0800. The SMILES string of the molecule is CCNC(=NCCCOC)NC1CN(C(C)C)CC1C.I. The normalized spacial score (nSPS) is 23.2. The zero-order chi connectivity index (χ0) is 15.0. The van der Waals surface area contributed by atoms with Gasteiger partial charge < -0.3 is 15.4 Å². The number of nitrogens with one attached hydrogen (secondary N) is 2. The van der Waals surface area contributed by atoms with Gasteiger partial charge in [0.05, 0.1) is 0 Å². The summed E-state index contributed by atoms with van der Waals surface area (Å²) >= 11 is 0. The lowest BCUT2D eigenvalue weighted by Crippen LogP contribution is -2.46. The van der Waals surface area contributed by atoms with Crippen LogP contribution < -0.4 is 10.6 Å². The Bertz CT molecular complexity index is 299. The molecule has 2 atom stereocenters. The predicted molar refractivity (Wildman–Crippen MR) is 101 cm³/mol. The maximum atomic E-state index is 5.06. The van der Waals surface area contributed by atoms with Crippen LogP contribution in [-0.2, 0) is 4.74 Å². The van der Waals surface area contributed by atoms with E-state index >= 15 is 0 Å². The highest BCUT2D eigenvalue weighted by Gasteiger charge is 2.31. The summed E-state index contributed by atoms with van der Waals surface area (Å²) in [5.74, 6) is 1.59. The zero-order valence-electron chi connectivity index (χ0n) is 14.2. The standard InChI is InChI=1S/C15H32N4O.HI/c1-6-16-15(17-8-7-9-20-5)18-14-11-19(12(2)3)10-13(14)4;/h12-14H,6-11H2,1-5H3,(H2,16,17,18);1H. The van der Waals surface area contributed by atoms with Crippen LogP contribution in [0.5, 0.6) is 0 Å². The van der Waals surface area contributed by atoms with Crippen molar-refractivity contribution in [2.45, 2.75) is 46.2 Å². The van der Waals surface area contributed by atoms with E-state index in [1.165, 1.54) is 6.54 Å². The van der Waals surface area contributed by atoms with Gasteiger partial charge >= 0.3 is 0 Å². The van der Waals surface area contributed by atoms with Gasteiger partial charge in [-0.05, 0) is 33.1 Å². The fraction of sp³-hybridized carbons (Fsp3) is 0.933. The van der Waals surface area contributed by atoms with Crippen LogP contribution in [0, 0.1) is 5.92 Å². The molecule has 1 aliphatic heterocycles. The van der Waals surface area contributed by atoms with Gasteiger partial charge in [0.25, 0.3) is 0 Å². The smallest absolute Gasteiger partial charge is 0.191 e. The van der Waals surface area contributed by atoms with Gasteiger partial charge in [-0.15, -0.1) is 24.0 Å². The highest BCUT2D eigenvalue weighted by molar-refractivity contribution is 14.0. The van der Waals surface area contributed by atoms with Crippen molar-refractivity contribution in [2.24, 2.45) is 10.9 Å². The lowest BCUT2D eigenvalue weighted by atomic mass is 10.1. The summed E-state index contributed by atoms with van der Waals surface area (Å²) in [5.41, 5.74) is 0. The number of ether oxygens (including phenoxy) is 1. The van der Waals surface area contributed by atoms with Crippen molar-refractivity contribution in [2.75, 3.05) is 39.9 Å². The van der Waals surface area contributed by atoms with Gasteiger partial charge in [-0.1, -0.05) is 6.92 Å². The first-order valence-corrected chi connectivity index (χ1v) is 7.86. The Kier molecular flexibility index (Phi) is 11.4. The molecule has 0 aromatic rings. The molecule has 0 spiro atoms. The van der Waals surface area contributed by atoms with Crippen molar-refractivity contribution >= 4 is 29.9 Å². The number of guanidine groups is 1. The molecule has 1 aliphatic rings. The summed E-state index contributed by atoms with van der Waals surface area (Å²) in [7, 11) is 1.73. The number of methoxy groups -OCH3 is 1. The molecule has 1 fully saturated rings. The Morgan fingerprint density at radius 1 is 1.38 bits per heavy atom. The molecule has 6 heteroatoms. The van der Waals surface area contributed by atoms with E-state index in [1.807, 2.05) is 0 Å². The average Bonchev–Trinajstić information content (AvgIpc) is 2.76. The minimum Gasteiger partial charge on any atom is -0.385 e. The third-order valence-electron chi connectivity index (χ3n) is 3.81. The van der Waals surface area contributed by atoms with Gasteiger partial charge in [-0.25, -0.2) is 0 Å². The Morgan fingerprint density at radius 2 is 2.10 bits per heavy atom. The molecule has 0 aromatic heterocycles. The molecule has 1 heterocycles. The number of hydrogen-bond acceptors (Lipinski definition) is 3. The first kappa shape index (κ1) is 20.9. The molecule has 126 valence electrons. The maximum absolute atomic E-state index is 5.06. The second-order valence-electron chi connectivity index (χ2n) is 5.88. The molecule has 21 heavy (non-hydrogen) atoms. The Labute approximate surface area is 147 Å². The van der Waals surface area contributed by atoms with E-state index in [0.717, 1.165) is 38.6 Å². The largest absolute Gasteiger partial charge is 0.385 e. The van der Waals surface area contributed by atoms with Crippen LogP contribution in [0.15, 0.2) is 4.99 Å². The number of likely N-dealkylation sites (tertiary alicyclic amines) is 1. The fourth-order valence-corrected chi connectivity index (χ4v) is 2.51. The van der Waals surface area contributed by atoms with Crippen molar-refractivity contribution in [3.8, 4) is 0 Å². The number of aliphatic imine (C=N–C) groups is 1. The highest BCUT2D eigenvalue weighted by atomic mass is 127. The minimum absolute atomic E-state index is 0. The topological polar surface area (TPSA) is 48.9 Å². The van der Waals surface area contributed by atoms with Crippen LogP contribution in [0.2, 0.25) is 0 Å². The van der Waals surface area contributed by atoms with Crippen LogP contribution in [-0.4, -0.2) is 62.8 Å². The van der Waals surface area contributed by atoms with Gasteiger partial charge in [0.1, 0.15) is 0 Å². The van der Waals surface area contributed by atoms with E-state index in [-0.39, 0.29) is 24.0 Å².